The molecule has 0 bridgehead atoms. The van der Waals surface area contributed by atoms with Crippen molar-refractivity contribution in [2.75, 3.05) is 167 Å². The van der Waals surface area contributed by atoms with Crippen LogP contribution in [0.25, 0.3) is 21.8 Å². The van der Waals surface area contributed by atoms with Gasteiger partial charge in [0.05, 0.1) is 36.4 Å². The summed E-state index contributed by atoms with van der Waals surface area (Å²) in [5, 5.41) is 9.64. The summed E-state index contributed by atoms with van der Waals surface area (Å²) in [6, 6.07) is 10.4. The van der Waals surface area contributed by atoms with Crippen molar-refractivity contribution in [1.29, 1.82) is 0 Å². The van der Waals surface area contributed by atoms with E-state index in [1.165, 1.54) is 51.9 Å². The van der Waals surface area contributed by atoms with Crippen LogP contribution in [0.4, 0.5) is 23.5 Å². The van der Waals surface area contributed by atoms with Gasteiger partial charge in [-0.05, 0) is 144 Å². The summed E-state index contributed by atoms with van der Waals surface area (Å²) in [6.45, 7) is 28.4. The second-order valence-electron chi connectivity index (χ2n) is 22.8. The van der Waals surface area contributed by atoms with E-state index < -0.39 is 0 Å². The van der Waals surface area contributed by atoms with Crippen LogP contribution in [0.2, 0.25) is 0 Å². The maximum absolute atomic E-state index is 5.81. The van der Waals surface area contributed by atoms with E-state index in [-0.39, 0.29) is 0 Å². The molecule has 6 saturated heterocycles. The van der Waals surface area contributed by atoms with E-state index in [4.69, 9.17) is 29.4 Å². The number of nitrogens with zero attached hydrogens (tertiary/aromatic N) is 12. The third kappa shape index (κ3) is 14.7. The predicted molar refractivity (Wildman–Crippen MR) is 313 cm³/mol. The average molecular weight is 1040 g/mol. The number of ether oxygens (including phenoxy) is 2. The summed E-state index contributed by atoms with van der Waals surface area (Å²) in [4.78, 5) is 39.8. The van der Waals surface area contributed by atoms with Crippen LogP contribution in [0.3, 0.4) is 0 Å². The zero-order chi connectivity index (χ0) is 53.0. The zero-order valence-corrected chi connectivity index (χ0v) is 47.6. The molecule has 4 aromatic rings. The van der Waals surface area contributed by atoms with Crippen LogP contribution in [0.1, 0.15) is 103 Å². The highest BCUT2D eigenvalue weighted by Gasteiger charge is 2.27. The topological polar surface area (TPSA) is 120 Å². The van der Waals surface area contributed by atoms with Gasteiger partial charge in [-0.25, -0.2) is 9.97 Å². The number of likely N-dealkylation sites (tertiary alicyclic amines) is 4. The van der Waals surface area contributed by atoms with Gasteiger partial charge < -0.3 is 59.3 Å². The van der Waals surface area contributed by atoms with Gasteiger partial charge in [0.2, 0.25) is 11.9 Å². The fourth-order valence-electron chi connectivity index (χ4n) is 11.6. The van der Waals surface area contributed by atoms with Gasteiger partial charge in [-0.2, -0.15) is 9.97 Å². The number of aromatic nitrogens is 4. The summed E-state index contributed by atoms with van der Waals surface area (Å²) >= 11 is 0. The molecule has 2 N–H and O–H groups in total. The smallest absolute Gasteiger partial charge is 0.227 e. The van der Waals surface area contributed by atoms with Crippen LogP contribution in [0.15, 0.2) is 24.3 Å². The van der Waals surface area contributed by atoms with Gasteiger partial charge in [-0.3, -0.25) is 0 Å². The Labute approximate surface area is 455 Å². The first kappa shape index (κ1) is 55.6. The number of rotatable bonds is 14. The third-order valence-electron chi connectivity index (χ3n) is 16.7. The Bertz CT molecular complexity index is 2450. The molecule has 16 heteroatoms. The SMILES string of the molecule is COc1cc2c(NC3CCN(C(C)C)CC3)nc(N3CCN(C)CC3)nc2cc1C#CCCN1CCCC1.COc1cc2c(NC3CCN(C(C)C)CC3)nc(N3CCN(C)CC3)nc2cc1C#CCCN1CCCC1. The lowest BCUT2D eigenvalue weighted by molar-refractivity contribution is 0.177. The molecule has 412 valence electrons. The Kier molecular flexibility index (Phi) is 19.7. The maximum atomic E-state index is 5.81. The average Bonchev–Trinajstić information content (AvgIpc) is 4.18. The summed E-state index contributed by atoms with van der Waals surface area (Å²) < 4.78 is 11.6. The van der Waals surface area contributed by atoms with E-state index >= 15 is 0 Å². The minimum Gasteiger partial charge on any atom is -0.495 e. The van der Waals surface area contributed by atoms with E-state index in [0.29, 0.717) is 24.2 Å². The Hall–Kier alpha value is -5.20. The highest BCUT2D eigenvalue weighted by Crippen LogP contribution is 2.34. The van der Waals surface area contributed by atoms with Gasteiger partial charge >= 0.3 is 0 Å². The molecular formula is C60H90N14O2. The molecule has 0 amide bonds. The Morgan fingerprint density at radius 2 is 0.868 bits per heavy atom. The van der Waals surface area contributed by atoms with Crippen LogP contribution >= 0.6 is 0 Å². The number of anilines is 4. The molecule has 0 saturated carbocycles. The lowest BCUT2D eigenvalue weighted by Crippen LogP contribution is -2.45. The van der Waals surface area contributed by atoms with Crippen molar-refractivity contribution in [2.45, 2.75) is 116 Å². The van der Waals surface area contributed by atoms with Gasteiger partial charge in [-0.1, -0.05) is 23.7 Å². The van der Waals surface area contributed by atoms with Gasteiger partial charge in [0, 0.05) is 139 Å². The minimum absolute atomic E-state index is 0.402. The number of likely N-dealkylation sites (N-methyl/N-ethyl adjacent to an activating group) is 2. The predicted octanol–water partition coefficient (Wildman–Crippen LogP) is 7.02. The maximum Gasteiger partial charge on any atom is 0.227 e. The summed E-state index contributed by atoms with van der Waals surface area (Å²) in [5.41, 5.74) is 3.67. The van der Waals surface area contributed by atoms with E-state index in [1.807, 2.05) is 0 Å². The van der Waals surface area contributed by atoms with Gasteiger partial charge in [-0.15, -0.1) is 0 Å². The van der Waals surface area contributed by atoms with Crippen molar-refractivity contribution in [3.8, 4) is 35.2 Å². The van der Waals surface area contributed by atoms with Crippen molar-refractivity contribution in [1.82, 2.24) is 49.3 Å². The van der Waals surface area contributed by atoms with E-state index in [2.05, 4.69) is 140 Å². The quantitative estimate of drug-likeness (QED) is 0.126. The first-order valence-corrected chi connectivity index (χ1v) is 29.1. The fourth-order valence-corrected chi connectivity index (χ4v) is 11.6. The van der Waals surface area contributed by atoms with Crippen LogP contribution in [-0.2, 0) is 0 Å². The lowest BCUT2D eigenvalue weighted by atomic mass is 10.0. The van der Waals surface area contributed by atoms with Gasteiger partial charge in [0.1, 0.15) is 23.1 Å². The molecule has 76 heavy (non-hydrogen) atoms. The number of fused-ring (bicyclic) bond motifs is 2. The molecule has 2 aromatic carbocycles. The van der Waals surface area contributed by atoms with Crippen molar-refractivity contribution in [3.05, 3.63) is 35.4 Å². The number of benzene rings is 2. The van der Waals surface area contributed by atoms with Crippen molar-refractivity contribution in [2.24, 2.45) is 0 Å². The number of piperidine rings is 2. The van der Waals surface area contributed by atoms with Gasteiger partial charge in [0.25, 0.3) is 0 Å². The first-order valence-electron chi connectivity index (χ1n) is 29.1. The largest absolute Gasteiger partial charge is 0.495 e. The minimum atomic E-state index is 0.402. The molecule has 16 nitrogen and oxygen atoms in total. The Balaban J connectivity index is 0.000000186. The van der Waals surface area contributed by atoms with Crippen molar-refractivity contribution in [3.63, 3.8) is 0 Å². The summed E-state index contributed by atoms with van der Waals surface area (Å²) in [7, 11) is 7.81. The van der Waals surface area contributed by atoms with Crippen LogP contribution in [-0.4, -0.2) is 220 Å². The zero-order valence-electron chi connectivity index (χ0n) is 47.6. The fraction of sp³-hybridized carbons (Fsp3) is 0.667. The summed E-state index contributed by atoms with van der Waals surface area (Å²) in [5.74, 6) is 18.6. The molecule has 0 unspecified atom stereocenters. The van der Waals surface area contributed by atoms with Gasteiger partial charge in [0.15, 0.2) is 0 Å². The third-order valence-corrected chi connectivity index (χ3v) is 16.7. The molecule has 0 aliphatic carbocycles. The highest BCUT2D eigenvalue weighted by molar-refractivity contribution is 5.94. The molecule has 6 fully saturated rings. The Morgan fingerprint density at radius 1 is 0.500 bits per heavy atom. The molecule has 0 spiro atoms. The molecule has 10 rings (SSSR count). The molecule has 8 heterocycles. The van der Waals surface area contributed by atoms with Crippen LogP contribution in [0, 0.1) is 23.7 Å². The molecular weight excluding hydrogens is 949 g/mol. The van der Waals surface area contributed by atoms with E-state index in [1.54, 1.807) is 14.2 Å². The standard InChI is InChI=1S/2C30H45N7O/c2*1-23(2)36-15-10-25(11-16-36)31-29-26-22-28(38-4)24(9-5-6-12-35-13-7-8-14-35)21-27(26)32-30(33-29)37-19-17-34(3)18-20-37/h2*21-23,25H,6-8,10-20H2,1-4H3,(H,31,32,33). The monoisotopic (exact) mass is 1040 g/mol. The second kappa shape index (κ2) is 26.9. The molecule has 0 atom stereocenters. The number of methoxy groups -OCH3 is 2. The Morgan fingerprint density at radius 3 is 1.21 bits per heavy atom. The van der Waals surface area contributed by atoms with Crippen molar-refractivity contribution < 1.29 is 9.47 Å². The van der Waals surface area contributed by atoms with E-state index in [0.717, 1.165) is 198 Å². The van der Waals surface area contributed by atoms with Crippen molar-refractivity contribution >= 4 is 45.3 Å². The molecule has 6 aliphatic heterocycles. The van der Waals surface area contributed by atoms with Crippen LogP contribution < -0.4 is 29.9 Å². The van der Waals surface area contributed by atoms with E-state index in [9.17, 15) is 0 Å². The van der Waals surface area contributed by atoms with Crippen LogP contribution in [0.5, 0.6) is 11.5 Å². The number of hydrogen-bond acceptors (Lipinski definition) is 16. The molecule has 6 aliphatic rings. The molecule has 2 aromatic heterocycles. The number of piperazine rings is 2. The normalized spacial score (nSPS) is 20.2. The lowest BCUT2D eigenvalue weighted by Gasteiger charge is -2.35. The number of hydrogen-bond donors (Lipinski definition) is 2. The summed E-state index contributed by atoms with van der Waals surface area (Å²) in [6.07, 6.45) is 11.5. The first-order chi connectivity index (χ1) is 37.0. The number of nitrogens with one attached hydrogen (secondary N) is 2. The molecule has 0 radical (unpaired) electrons. The highest BCUT2D eigenvalue weighted by atomic mass is 16.5. The second-order valence-corrected chi connectivity index (χ2v) is 22.8.